The minimum absolute atomic E-state index is 0.0340. The number of hydrogen-bond acceptors (Lipinski definition) is 4. The Morgan fingerprint density at radius 2 is 1.77 bits per heavy atom. The number of carbonyl (C=O) groups is 1. The van der Waals surface area contributed by atoms with Crippen molar-refractivity contribution in [3.8, 4) is 17.2 Å². The topological polar surface area (TPSA) is 44.8 Å². The Morgan fingerprint density at radius 3 is 2.36 bits per heavy atom. The highest BCUT2D eigenvalue weighted by molar-refractivity contribution is 5.91. The van der Waals surface area contributed by atoms with Gasteiger partial charge in [0.1, 0.15) is 17.2 Å². The van der Waals surface area contributed by atoms with Crippen LogP contribution in [0.4, 0.5) is 0 Å². The molecule has 0 N–H and O–H groups in total. The van der Waals surface area contributed by atoms with Crippen molar-refractivity contribution in [2.24, 2.45) is 0 Å². The third-order valence-corrected chi connectivity index (χ3v) is 2.79. The summed E-state index contributed by atoms with van der Waals surface area (Å²) in [5, 5.41) is 0. The Morgan fingerprint density at radius 1 is 1.14 bits per heavy atom. The van der Waals surface area contributed by atoms with E-state index in [2.05, 4.69) is 6.58 Å². The summed E-state index contributed by atoms with van der Waals surface area (Å²) in [6.07, 6.45) is 2.30. The lowest BCUT2D eigenvalue weighted by molar-refractivity contribution is 0.0734. The van der Waals surface area contributed by atoms with Crippen molar-refractivity contribution in [3.05, 3.63) is 66.7 Å². The first kappa shape index (κ1) is 13.0. The highest BCUT2D eigenvalue weighted by Crippen LogP contribution is 2.19. The highest BCUT2D eigenvalue weighted by atomic mass is 16.5. The molecular weight excluding hydrogens is 280 g/mol. The van der Waals surface area contributed by atoms with Crippen LogP contribution in [-0.2, 0) is 0 Å². The molecule has 22 heavy (non-hydrogen) atoms. The number of carbonyl (C=O) groups excluding carboxylic acids is 1. The summed E-state index contributed by atoms with van der Waals surface area (Å²) in [6.45, 7) is 3.91. The molecule has 0 aliphatic heterocycles. The third kappa shape index (κ3) is 4.38. The van der Waals surface area contributed by atoms with Crippen LogP contribution in [0.5, 0.6) is 17.2 Å². The van der Waals surface area contributed by atoms with Crippen molar-refractivity contribution in [1.82, 2.24) is 0 Å². The van der Waals surface area contributed by atoms with Gasteiger partial charge in [-0.25, -0.2) is 4.79 Å². The smallest absolute Gasteiger partial charge is 0.343 e. The zero-order valence-corrected chi connectivity index (χ0v) is 12.3. The Kier molecular flexibility index (Phi) is 4.64. The van der Waals surface area contributed by atoms with E-state index in [1.165, 1.54) is 12.1 Å². The van der Waals surface area contributed by atoms with Crippen LogP contribution in [0.2, 0.25) is 0 Å². The zero-order valence-electron chi connectivity index (χ0n) is 14.3. The van der Waals surface area contributed by atoms with Gasteiger partial charge in [0.15, 0.2) is 0 Å². The number of rotatable bonds is 7. The summed E-state index contributed by atoms with van der Waals surface area (Å²) in [7, 11) is 1.55. The van der Waals surface area contributed by atoms with Gasteiger partial charge in [0, 0.05) is 0 Å². The molecule has 0 radical (unpaired) electrons. The lowest BCUT2D eigenvalue weighted by Gasteiger charge is -2.07. The number of esters is 1. The maximum absolute atomic E-state index is 12.2. The molecule has 0 saturated heterocycles. The van der Waals surface area contributed by atoms with Gasteiger partial charge < -0.3 is 14.2 Å². The van der Waals surface area contributed by atoms with Crippen LogP contribution < -0.4 is 14.2 Å². The summed E-state index contributed by atoms with van der Waals surface area (Å²) in [6, 6.07) is 9.14. The Balaban J connectivity index is 2.12. The molecule has 4 heteroatoms. The van der Waals surface area contributed by atoms with Crippen LogP contribution in [0.1, 0.15) is 19.5 Å². The largest absolute Gasteiger partial charge is 0.497 e. The van der Waals surface area contributed by atoms with Crippen molar-refractivity contribution in [2.75, 3.05) is 13.7 Å². The molecule has 0 bridgehead atoms. The van der Waals surface area contributed by atoms with Crippen molar-refractivity contribution >= 4 is 5.97 Å². The fourth-order valence-corrected chi connectivity index (χ4v) is 1.63. The maximum Gasteiger partial charge on any atom is 0.343 e. The van der Waals surface area contributed by atoms with E-state index in [0.29, 0.717) is 24.5 Å². The molecule has 0 spiro atoms. The molecule has 0 unspecified atom stereocenters. The second-order valence-electron chi connectivity index (χ2n) is 4.35. The molecule has 0 atom stereocenters. The first-order valence-electron chi connectivity index (χ1n) is 7.76. The Bertz CT molecular complexity index is 703. The minimum atomic E-state index is -0.639. The zero-order chi connectivity index (χ0) is 17.5. The molecule has 2 rings (SSSR count). The van der Waals surface area contributed by atoms with Gasteiger partial charge in [-0.2, -0.15) is 0 Å². The second kappa shape index (κ2) is 7.88. The van der Waals surface area contributed by atoms with Gasteiger partial charge in [0.25, 0.3) is 0 Å². The van der Waals surface area contributed by atoms with Gasteiger partial charge in [-0.3, -0.25) is 0 Å². The van der Waals surface area contributed by atoms with Crippen molar-refractivity contribution < 1.29 is 21.7 Å². The van der Waals surface area contributed by atoms with Crippen LogP contribution in [0.15, 0.2) is 61.1 Å². The molecule has 0 aliphatic rings. The maximum atomic E-state index is 12.2. The lowest BCUT2D eigenvalue weighted by Crippen LogP contribution is -2.08. The van der Waals surface area contributed by atoms with Crippen LogP contribution in [-0.4, -0.2) is 19.7 Å². The van der Waals surface area contributed by atoms with Crippen LogP contribution in [0.25, 0.3) is 0 Å². The minimum Gasteiger partial charge on any atom is -0.497 e. The first-order chi connectivity index (χ1) is 11.5. The molecular formula is C18H18O4. The van der Waals surface area contributed by atoms with Crippen LogP contribution in [0, 0.1) is 0 Å². The summed E-state index contributed by atoms with van der Waals surface area (Å²) < 4.78 is 31.5. The Labute approximate surface area is 132 Å². The summed E-state index contributed by atoms with van der Waals surface area (Å²) in [5.41, 5.74) is 0.122. The number of ether oxygens (including phenoxy) is 3. The standard InChI is InChI=1S/C18H18O4/c1-3-4-13-21-16-7-5-14(6-8-16)18(19)22-17-11-9-15(20-2)10-12-17/h3,5-12H,1,4,13H2,2H3/i7D,8D. The fourth-order valence-electron chi connectivity index (χ4n) is 1.63. The quantitative estimate of drug-likeness (QED) is 0.337. The number of benzene rings is 2. The van der Waals surface area contributed by atoms with E-state index in [-0.39, 0.29) is 23.4 Å². The average Bonchev–Trinajstić information content (AvgIpc) is 2.58. The molecule has 0 aromatic heterocycles. The van der Waals surface area contributed by atoms with E-state index in [1.807, 2.05) is 0 Å². The summed E-state index contributed by atoms with van der Waals surface area (Å²) in [5.74, 6) is 0.501. The predicted molar refractivity (Wildman–Crippen MR) is 84.7 cm³/mol. The number of methoxy groups -OCH3 is 1. The molecule has 4 nitrogen and oxygen atoms in total. The normalized spacial score (nSPS) is 11.1. The highest BCUT2D eigenvalue weighted by Gasteiger charge is 2.08. The van der Waals surface area contributed by atoms with Gasteiger partial charge in [-0.05, 0) is 54.9 Å². The van der Waals surface area contributed by atoms with Crippen molar-refractivity contribution in [2.45, 2.75) is 6.42 Å². The van der Waals surface area contributed by atoms with E-state index in [1.54, 1.807) is 37.5 Å². The van der Waals surface area contributed by atoms with Crippen LogP contribution in [0.3, 0.4) is 0 Å². The second-order valence-corrected chi connectivity index (χ2v) is 4.35. The van der Waals surface area contributed by atoms with Gasteiger partial charge in [-0.15, -0.1) is 6.58 Å². The van der Waals surface area contributed by atoms with E-state index < -0.39 is 5.97 Å². The van der Waals surface area contributed by atoms with E-state index in [0.717, 1.165) is 0 Å². The van der Waals surface area contributed by atoms with Crippen molar-refractivity contribution in [1.29, 1.82) is 0 Å². The molecule has 0 aliphatic carbocycles. The summed E-state index contributed by atoms with van der Waals surface area (Å²) >= 11 is 0. The van der Waals surface area contributed by atoms with Crippen LogP contribution >= 0.6 is 0 Å². The molecule has 0 saturated carbocycles. The third-order valence-electron chi connectivity index (χ3n) is 2.79. The molecule has 0 heterocycles. The van der Waals surface area contributed by atoms with Gasteiger partial charge >= 0.3 is 5.97 Å². The fraction of sp³-hybridized carbons (Fsp3) is 0.167. The monoisotopic (exact) mass is 300 g/mol. The van der Waals surface area contributed by atoms with E-state index >= 15 is 0 Å². The Hall–Kier alpha value is -2.75. The summed E-state index contributed by atoms with van der Waals surface area (Å²) in [4.78, 5) is 12.2. The molecule has 0 amide bonds. The predicted octanol–water partition coefficient (Wildman–Crippen LogP) is 3.87. The first-order valence-corrected chi connectivity index (χ1v) is 6.76. The van der Waals surface area contributed by atoms with Gasteiger partial charge in [-0.1, -0.05) is 6.08 Å². The van der Waals surface area contributed by atoms with Gasteiger partial charge in [0.05, 0.1) is 22.0 Å². The molecule has 0 fully saturated rings. The molecule has 2 aromatic carbocycles. The van der Waals surface area contributed by atoms with Crippen molar-refractivity contribution in [3.63, 3.8) is 0 Å². The SMILES string of the molecule is [2H]c1cc(C(=O)Oc2ccc(OC)cc2)cc([2H])c1OCCC=C. The molecule has 114 valence electrons. The number of hydrogen-bond donors (Lipinski definition) is 0. The average molecular weight is 300 g/mol. The van der Waals surface area contributed by atoms with E-state index in [9.17, 15) is 4.79 Å². The lowest BCUT2D eigenvalue weighted by atomic mass is 10.2. The van der Waals surface area contributed by atoms with E-state index in [4.69, 9.17) is 17.0 Å². The molecule has 2 aromatic rings. The van der Waals surface area contributed by atoms with Gasteiger partial charge in [0.2, 0.25) is 0 Å².